The molecule has 1 aromatic heterocycles. The van der Waals surface area contributed by atoms with Crippen LogP contribution >= 0.6 is 0 Å². The van der Waals surface area contributed by atoms with Gasteiger partial charge in [-0.05, 0) is 25.8 Å². The first-order valence-electron chi connectivity index (χ1n) is 6.44. The average Bonchev–Trinajstić information content (AvgIpc) is 2.37. The fourth-order valence-electron chi connectivity index (χ4n) is 1.73. The number of amides is 1. The van der Waals surface area contributed by atoms with Gasteiger partial charge in [-0.1, -0.05) is 13.8 Å². The molecule has 0 aromatic carbocycles. The Morgan fingerprint density at radius 2 is 2.11 bits per heavy atom. The van der Waals surface area contributed by atoms with E-state index in [-0.39, 0.29) is 11.9 Å². The van der Waals surface area contributed by atoms with E-state index in [0.29, 0.717) is 11.5 Å². The molecule has 18 heavy (non-hydrogen) atoms. The van der Waals surface area contributed by atoms with Crippen LogP contribution < -0.4 is 5.32 Å². The highest BCUT2D eigenvalue weighted by Crippen LogP contribution is 2.18. The Bertz CT molecular complexity index is 404. The predicted octanol–water partition coefficient (Wildman–Crippen LogP) is 2.63. The molecular formula is C14H23N3O. The van der Waals surface area contributed by atoms with Crippen molar-refractivity contribution in [2.24, 2.45) is 5.92 Å². The maximum Gasteiger partial charge on any atom is 0.257 e. The third kappa shape index (κ3) is 3.22. The molecule has 100 valence electrons. The largest absolute Gasteiger partial charge is 0.385 e. The number of carbonyl (C=O) groups is 1. The Hall–Kier alpha value is -1.58. The Morgan fingerprint density at radius 1 is 1.44 bits per heavy atom. The zero-order valence-electron chi connectivity index (χ0n) is 11.9. The normalized spacial score (nSPS) is 12.3. The van der Waals surface area contributed by atoms with Crippen molar-refractivity contribution in [1.29, 1.82) is 0 Å². The molecule has 1 atom stereocenters. The molecule has 0 bridgehead atoms. The minimum atomic E-state index is 0.0141. The number of carbonyl (C=O) groups excluding carboxylic acids is 1. The van der Waals surface area contributed by atoms with E-state index in [1.54, 1.807) is 17.3 Å². The number of rotatable bonds is 5. The molecule has 0 aliphatic carbocycles. The molecule has 1 heterocycles. The van der Waals surface area contributed by atoms with E-state index in [0.717, 1.165) is 12.2 Å². The molecule has 0 spiro atoms. The van der Waals surface area contributed by atoms with Crippen LogP contribution in [0.5, 0.6) is 0 Å². The molecule has 4 heteroatoms. The van der Waals surface area contributed by atoms with Crippen molar-refractivity contribution in [3.63, 3.8) is 0 Å². The summed E-state index contributed by atoms with van der Waals surface area (Å²) in [7, 11) is 1.84. The second-order valence-corrected chi connectivity index (χ2v) is 4.85. The molecule has 1 rings (SSSR count). The molecule has 0 saturated carbocycles. The Balaban J connectivity index is 2.96. The molecule has 1 N–H and O–H groups in total. The van der Waals surface area contributed by atoms with Gasteiger partial charge in [0, 0.05) is 32.0 Å². The van der Waals surface area contributed by atoms with Gasteiger partial charge in [0.05, 0.1) is 11.3 Å². The van der Waals surface area contributed by atoms with Crippen LogP contribution in [0, 0.1) is 5.92 Å². The summed E-state index contributed by atoms with van der Waals surface area (Å²) < 4.78 is 0. The van der Waals surface area contributed by atoms with Crippen LogP contribution in [0.3, 0.4) is 0 Å². The smallest absolute Gasteiger partial charge is 0.257 e. The van der Waals surface area contributed by atoms with Gasteiger partial charge in [0.15, 0.2) is 0 Å². The predicted molar refractivity (Wildman–Crippen MR) is 74.8 cm³/mol. The van der Waals surface area contributed by atoms with E-state index in [9.17, 15) is 4.79 Å². The fourth-order valence-corrected chi connectivity index (χ4v) is 1.73. The number of pyridine rings is 1. The summed E-state index contributed by atoms with van der Waals surface area (Å²) in [5.74, 6) is 0.443. The number of anilines is 1. The lowest BCUT2D eigenvalue weighted by molar-refractivity contribution is 0.0707. The zero-order chi connectivity index (χ0) is 13.7. The fraction of sp³-hybridized carbons (Fsp3) is 0.571. The van der Waals surface area contributed by atoms with Crippen molar-refractivity contribution in [1.82, 2.24) is 9.88 Å². The lowest BCUT2D eigenvalue weighted by Gasteiger charge is -2.28. The maximum atomic E-state index is 12.4. The number of hydrogen-bond acceptors (Lipinski definition) is 3. The van der Waals surface area contributed by atoms with Gasteiger partial charge in [0.2, 0.25) is 0 Å². The van der Waals surface area contributed by atoms with Crippen LogP contribution in [0.15, 0.2) is 18.5 Å². The van der Waals surface area contributed by atoms with Crippen molar-refractivity contribution < 1.29 is 4.79 Å². The number of nitrogens with one attached hydrogen (secondary N) is 1. The van der Waals surface area contributed by atoms with Crippen LogP contribution in [0.2, 0.25) is 0 Å². The lowest BCUT2D eigenvalue weighted by Crippen LogP contribution is -2.38. The highest BCUT2D eigenvalue weighted by Gasteiger charge is 2.21. The monoisotopic (exact) mass is 249 g/mol. The highest BCUT2D eigenvalue weighted by atomic mass is 16.2. The van der Waals surface area contributed by atoms with Crippen LogP contribution in [-0.4, -0.2) is 35.4 Å². The summed E-state index contributed by atoms with van der Waals surface area (Å²) in [5, 5.41) is 3.19. The first kappa shape index (κ1) is 14.5. The van der Waals surface area contributed by atoms with E-state index >= 15 is 0 Å². The van der Waals surface area contributed by atoms with Gasteiger partial charge in [-0.15, -0.1) is 0 Å². The lowest BCUT2D eigenvalue weighted by atomic mass is 10.0. The summed E-state index contributed by atoms with van der Waals surface area (Å²) in [6, 6.07) is 2.04. The Labute approximate surface area is 109 Å². The SMILES string of the molecule is CCNc1ccncc1C(=O)N(C)C(C)C(C)C. The van der Waals surface area contributed by atoms with E-state index in [2.05, 4.69) is 31.1 Å². The van der Waals surface area contributed by atoms with Gasteiger partial charge < -0.3 is 10.2 Å². The van der Waals surface area contributed by atoms with Crippen LogP contribution in [0.25, 0.3) is 0 Å². The first-order chi connectivity index (χ1) is 8.49. The topological polar surface area (TPSA) is 45.2 Å². The van der Waals surface area contributed by atoms with Crippen LogP contribution in [-0.2, 0) is 0 Å². The van der Waals surface area contributed by atoms with Crippen molar-refractivity contribution in [2.45, 2.75) is 33.7 Å². The van der Waals surface area contributed by atoms with E-state index in [1.807, 2.05) is 20.0 Å². The van der Waals surface area contributed by atoms with E-state index in [1.165, 1.54) is 0 Å². The summed E-state index contributed by atoms with van der Waals surface area (Å²) in [6.45, 7) is 9.08. The molecule has 0 saturated heterocycles. The molecule has 1 aromatic rings. The van der Waals surface area contributed by atoms with E-state index < -0.39 is 0 Å². The number of hydrogen-bond donors (Lipinski definition) is 1. The Kier molecular flexibility index (Phi) is 5.13. The number of nitrogens with zero attached hydrogens (tertiary/aromatic N) is 2. The van der Waals surface area contributed by atoms with Gasteiger partial charge >= 0.3 is 0 Å². The second kappa shape index (κ2) is 6.38. The molecule has 1 amide bonds. The first-order valence-corrected chi connectivity index (χ1v) is 6.44. The van der Waals surface area contributed by atoms with Gasteiger partial charge in [-0.3, -0.25) is 9.78 Å². The second-order valence-electron chi connectivity index (χ2n) is 4.85. The maximum absolute atomic E-state index is 12.4. The molecule has 4 nitrogen and oxygen atoms in total. The minimum Gasteiger partial charge on any atom is -0.385 e. The van der Waals surface area contributed by atoms with Crippen molar-refractivity contribution in [3.8, 4) is 0 Å². The quantitative estimate of drug-likeness (QED) is 0.872. The summed E-state index contributed by atoms with van der Waals surface area (Å²) in [4.78, 5) is 18.3. The van der Waals surface area contributed by atoms with Gasteiger partial charge in [-0.2, -0.15) is 0 Å². The minimum absolute atomic E-state index is 0.0141. The van der Waals surface area contributed by atoms with Crippen LogP contribution in [0.1, 0.15) is 38.1 Å². The molecular weight excluding hydrogens is 226 g/mol. The summed E-state index contributed by atoms with van der Waals surface area (Å²) in [6.07, 6.45) is 3.32. The van der Waals surface area contributed by atoms with Crippen LogP contribution in [0.4, 0.5) is 5.69 Å². The Morgan fingerprint density at radius 3 is 2.67 bits per heavy atom. The van der Waals surface area contributed by atoms with E-state index in [4.69, 9.17) is 0 Å². The molecule has 1 unspecified atom stereocenters. The molecule has 0 aliphatic rings. The van der Waals surface area contributed by atoms with Crippen molar-refractivity contribution in [2.75, 3.05) is 18.9 Å². The zero-order valence-corrected chi connectivity index (χ0v) is 11.9. The third-order valence-corrected chi connectivity index (χ3v) is 3.31. The highest BCUT2D eigenvalue weighted by molar-refractivity contribution is 5.99. The molecule has 0 fully saturated rings. The molecule has 0 aliphatic heterocycles. The van der Waals surface area contributed by atoms with Crippen molar-refractivity contribution in [3.05, 3.63) is 24.0 Å². The van der Waals surface area contributed by atoms with Gasteiger partial charge in [-0.25, -0.2) is 0 Å². The van der Waals surface area contributed by atoms with Gasteiger partial charge in [0.25, 0.3) is 5.91 Å². The van der Waals surface area contributed by atoms with Crippen molar-refractivity contribution >= 4 is 11.6 Å². The summed E-state index contributed by atoms with van der Waals surface area (Å²) >= 11 is 0. The summed E-state index contributed by atoms with van der Waals surface area (Å²) in [5.41, 5.74) is 1.48. The number of aromatic nitrogens is 1. The van der Waals surface area contributed by atoms with Gasteiger partial charge in [0.1, 0.15) is 0 Å². The standard InChI is InChI=1S/C14H23N3O/c1-6-16-13-7-8-15-9-12(13)14(18)17(5)11(4)10(2)3/h7-11H,6H2,1-5H3,(H,15,16). The molecule has 0 radical (unpaired) electrons. The third-order valence-electron chi connectivity index (χ3n) is 3.31. The average molecular weight is 249 g/mol.